The molecule has 130 valence electrons. The maximum absolute atomic E-state index is 10.8. The SMILES string of the molecule is CC(=O)ON(CCN(OC(C)=O)OC(C)=O)OC(C)=O.N.N. The van der Waals surface area contributed by atoms with Gasteiger partial charge >= 0.3 is 23.9 Å². The molecule has 0 heterocycles. The highest BCUT2D eigenvalue weighted by Crippen LogP contribution is 1.99. The van der Waals surface area contributed by atoms with Crippen molar-refractivity contribution >= 4 is 23.9 Å². The van der Waals surface area contributed by atoms with Gasteiger partial charge in [0, 0.05) is 38.1 Å². The van der Waals surface area contributed by atoms with Crippen LogP contribution < -0.4 is 12.3 Å². The number of hydroxylamine groups is 4. The third-order valence-electron chi connectivity index (χ3n) is 1.39. The van der Waals surface area contributed by atoms with Crippen LogP contribution in [0.4, 0.5) is 0 Å². The Labute approximate surface area is 127 Å². The van der Waals surface area contributed by atoms with Crippen molar-refractivity contribution in [2.45, 2.75) is 27.7 Å². The summed E-state index contributed by atoms with van der Waals surface area (Å²) in [4.78, 5) is 61.4. The molecule has 0 rings (SSSR count). The predicted octanol–water partition coefficient (Wildman–Crippen LogP) is -0.173. The second-order valence-corrected chi connectivity index (χ2v) is 3.44. The van der Waals surface area contributed by atoms with Crippen LogP contribution in [0.15, 0.2) is 0 Å². The molecular weight excluding hydrogens is 304 g/mol. The highest BCUT2D eigenvalue weighted by Gasteiger charge is 2.18. The van der Waals surface area contributed by atoms with Gasteiger partial charge in [-0.1, -0.05) is 0 Å². The Kier molecular flexibility index (Phi) is 14.0. The third kappa shape index (κ3) is 14.1. The summed E-state index contributed by atoms with van der Waals surface area (Å²) in [6.45, 7) is 3.97. The van der Waals surface area contributed by atoms with E-state index in [9.17, 15) is 19.2 Å². The molecule has 0 aromatic heterocycles. The molecule has 0 amide bonds. The Hall–Kier alpha value is -2.28. The smallest absolute Gasteiger partial charge is 0.326 e. The average molecular weight is 326 g/mol. The van der Waals surface area contributed by atoms with Gasteiger partial charge < -0.3 is 31.7 Å². The standard InChI is InChI=1S/C10H16N2O8.2H3N/c1-7(13)17-11(18-8(2)14)5-6-12(19-9(3)15)20-10(4)16;;/h5-6H2,1-4H3;2*1H3. The fourth-order valence-electron chi connectivity index (χ4n) is 0.957. The van der Waals surface area contributed by atoms with Crippen LogP contribution in [-0.2, 0) is 38.5 Å². The number of nitrogens with zero attached hydrogens (tertiary/aromatic N) is 2. The maximum atomic E-state index is 10.8. The quantitative estimate of drug-likeness (QED) is 0.589. The molecule has 0 aliphatic heterocycles. The van der Waals surface area contributed by atoms with Crippen LogP contribution in [0.5, 0.6) is 0 Å². The van der Waals surface area contributed by atoms with Crippen LogP contribution in [-0.4, -0.2) is 47.4 Å². The lowest BCUT2D eigenvalue weighted by Crippen LogP contribution is -2.38. The molecule has 0 aromatic rings. The van der Waals surface area contributed by atoms with Crippen molar-refractivity contribution in [2.75, 3.05) is 13.1 Å². The molecule has 0 unspecified atom stereocenters. The lowest BCUT2D eigenvalue weighted by atomic mass is 10.7. The number of hydrogen-bond donors (Lipinski definition) is 2. The number of rotatable bonds is 7. The highest BCUT2D eigenvalue weighted by atomic mass is 17.0. The zero-order chi connectivity index (χ0) is 15.7. The van der Waals surface area contributed by atoms with E-state index in [0.29, 0.717) is 10.5 Å². The largest absolute Gasteiger partial charge is 0.344 e. The van der Waals surface area contributed by atoms with Crippen LogP contribution in [0, 0.1) is 0 Å². The predicted molar refractivity (Wildman–Crippen MR) is 70.5 cm³/mol. The van der Waals surface area contributed by atoms with E-state index in [1.54, 1.807) is 0 Å². The average Bonchev–Trinajstić information content (AvgIpc) is 2.22. The van der Waals surface area contributed by atoms with E-state index in [2.05, 4.69) is 19.4 Å². The minimum Gasteiger partial charge on any atom is -0.344 e. The van der Waals surface area contributed by atoms with E-state index in [0.717, 1.165) is 27.7 Å². The van der Waals surface area contributed by atoms with Crippen molar-refractivity contribution in [1.29, 1.82) is 0 Å². The summed E-state index contributed by atoms with van der Waals surface area (Å²) < 4.78 is 0. The Bertz CT molecular complexity index is 321. The first-order valence-corrected chi connectivity index (χ1v) is 5.50. The van der Waals surface area contributed by atoms with E-state index >= 15 is 0 Å². The molecule has 0 saturated carbocycles. The van der Waals surface area contributed by atoms with E-state index < -0.39 is 23.9 Å². The Morgan fingerprint density at radius 1 is 0.591 bits per heavy atom. The molecular formula is C10H22N4O8. The summed E-state index contributed by atoms with van der Waals surface area (Å²) in [6, 6.07) is 0. The van der Waals surface area contributed by atoms with Crippen LogP contribution in [0.3, 0.4) is 0 Å². The molecule has 0 fully saturated rings. The van der Waals surface area contributed by atoms with Crippen LogP contribution in [0.1, 0.15) is 27.7 Å². The van der Waals surface area contributed by atoms with Gasteiger partial charge in [0.05, 0.1) is 13.1 Å². The topological polar surface area (TPSA) is 182 Å². The maximum Gasteiger partial charge on any atom is 0.326 e. The van der Waals surface area contributed by atoms with Gasteiger partial charge in [-0.15, -0.1) is 0 Å². The van der Waals surface area contributed by atoms with Gasteiger partial charge in [0.15, 0.2) is 0 Å². The summed E-state index contributed by atoms with van der Waals surface area (Å²) in [7, 11) is 0. The fraction of sp³-hybridized carbons (Fsp3) is 0.600. The van der Waals surface area contributed by atoms with Crippen molar-refractivity contribution in [3.8, 4) is 0 Å². The zero-order valence-electron chi connectivity index (χ0n) is 13.0. The van der Waals surface area contributed by atoms with Gasteiger partial charge in [0.2, 0.25) is 0 Å². The second-order valence-electron chi connectivity index (χ2n) is 3.44. The van der Waals surface area contributed by atoms with Gasteiger partial charge in [0.1, 0.15) is 0 Å². The van der Waals surface area contributed by atoms with Gasteiger partial charge in [-0.05, 0) is 0 Å². The molecule has 0 aliphatic rings. The molecule has 12 nitrogen and oxygen atoms in total. The molecule has 0 aromatic carbocycles. The first-order valence-electron chi connectivity index (χ1n) is 5.50. The molecule has 6 N–H and O–H groups in total. The summed E-state index contributed by atoms with van der Waals surface area (Å²) in [5.41, 5.74) is 0. The summed E-state index contributed by atoms with van der Waals surface area (Å²) >= 11 is 0. The van der Waals surface area contributed by atoms with Gasteiger partial charge in [0.25, 0.3) is 0 Å². The molecule has 12 heteroatoms. The van der Waals surface area contributed by atoms with Crippen molar-refractivity contribution in [3.05, 3.63) is 0 Å². The highest BCUT2D eigenvalue weighted by molar-refractivity contribution is 5.67. The molecule has 0 saturated heterocycles. The Morgan fingerprint density at radius 2 is 0.773 bits per heavy atom. The minimum atomic E-state index is -0.724. The normalized spacial score (nSPS) is 9.18. The Balaban J connectivity index is -0.00000180. The van der Waals surface area contributed by atoms with E-state index in [-0.39, 0.29) is 25.4 Å². The van der Waals surface area contributed by atoms with Crippen molar-refractivity contribution in [2.24, 2.45) is 0 Å². The van der Waals surface area contributed by atoms with Gasteiger partial charge in [-0.2, -0.15) is 0 Å². The fourth-order valence-corrected chi connectivity index (χ4v) is 0.957. The van der Waals surface area contributed by atoms with Gasteiger partial charge in [-0.3, -0.25) is 19.2 Å². The monoisotopic (exact) mass is 326 g/mol. The first-order chi connectivity index (χ1) is 9.20. The summed E-state index contributed by atoms with van der Waals surface area (Å²) in [5, 5.41) is 1.15. The van der Waals surface area contributed by atoms with Crippen molar-refractivity contribution in [1.82, 2.24) is 22.8 Å². The summed E-state index contributed by atoms with van der Waals surface area (Å²) in [6.07, 6.45) is 0. The number of hydrogen-bond acceptors (Lipinski definition) is 12. The summed E-state index contributed by atoms with van der Waals surface area (Å²) in [5.74, 6) is -2.90. The van der Waals surface area contributed by atoms with E-state index in [4.69, 9.17) is 0 Å². The lowest BCUT2D eigenvalue weighted by molar-refractivity contribution is -0.354. The zero-order valence-corrected chi connectivity index (χ0v) is 13.0. The van der Waals surface area contributed by atoms with Gasteiger partial charge in [-0.25, -0.2) is 0 Å². The lowest BCUT2D eigenvalue weighted by Gasteiger charge is -2.22. The van der Waals surface area contributed by atoms with E-state index in [1.165, 1.54) is 0 Å². The van der Waals surface area contributed by atoms with Crippen molar-refractivity contribution in [3.63, 3.8) is 0 Å². The van der Waals surface area contributed by atoms with Crippen molar-refractivity contribution < 1.29 is 38.5 Å². The Morgan fingerprint density at radius 3 is 0.909 bits per heavy atom. The van der Waals surface area contributed by atoms with E-state index in [1.807, 2.05) is 0 Å². The first kappa shape index (κ1) is 24.7. The number of carbonyl (C=O) groups excluding carboxylic acids is 4. The van der Waals surface area contributed by atoms with Crippen LogP contribution in [0.2, 0.25) is 0 Å². The van der Waals surface area contributed by atoms with Crippen LogP contribution in [0.25, 0.3) is 0 Å². The number of carbonyl (C=O) groups is 4. The molecule has 0 radical (unpaired) electrons. The third-order valence-corrected chi connectivity index (χ3v) is 1.39. The second kappa shape index (κ2) is 12.5. The molecule has 0 spiro atoms. The molecule has 0 aliphatic carbocycles. The molecule has 22 heavy (non-hydrogen) atoms. The minimum absolute atomic E-state index is 0. The molecule has 0 atom stereocenters. The van der Waals surface area contributed by atoms with Crippen LogP contribution >= 0.6 is 0 Å². The molecule has 0 bridgehead atoms.